The second kappa shape index (κ2) is 6.49. The number of pyridine rings is 1. The lowest BCUT2D eigenvalue weighted by molar-refractivity contribution is -0.119. The third-order valence-electron chi connectivity index (χ3n) is 3.25. The highest BCUT2D eigenvalue weighted by Crippen LogP contribution is 2.23. The van der Waals surface area contributed by atoms with Gasteiger partial charge in [-0.2, -0.15) is 0 Å². The van der Waals surface area contributed by atoms with Crippen LogP contribution in [0.4, 0.5) is 0 Å². The van der Waals surface area contributed by atoms with Crippen molar-refractivity contribution in [3.8, 4) is 17.0 Å². The molecule has 22 heavy (non-hydrogen) atoms. The molecule has 0 aliphatic rings. The number of rotatable bonds is 3. The molecule has 2 N–H and O–H groups in total. The Balaban J connectivity index is 0.00000176. The highest BCUT2D eigenvalue weighted by Gasteiger charge is 2.07. The lowest BCUT2D eigenvalue weighted by Crippen LogP contribution is -2.18. The summed E-state index contributed by atoms with van der Waals surface area (Å²) in [6.07, 6.45) is 3.72. The van der Waals surface area contributed by atoms with Gasteiger partial charge in [-0.3, -0.25) is 4.79 Å². The van der Waals surface area contributed by atoms with Crippen molar-refractivity contribution in [2.45, 2.75) is 13.5 Å². The molecule has 0 saturated heterocycles. The number of hydrogen-bond acceptors (Lipinski definition) is 3. The second-order valence-corrected chi connectivity index (χ2v) is 4.86. The predicted molar refractivity (Wildman–Crippen MR) is 87.1 cm³/mol. The zero-order chi connectivity index (χ0) is 14.8. The fraction of sp³-hybridized carbons (Fsp3) is 0.125. The van der Waals surface area contributed by atoms with Crippen LogP contribution in [0.3, 0.4) is 0 Å². The Morgan fingerprint density at radius 3 is 2.64 bits per heavy atom. The number of imidazole rings is 1. The number of amides is 1. The van der Waals surface area contributed by atoms with Crippen LogP contribution in [0.25, 0.3) is 16.9 Å². The molecule has 0 radical (unpaired) electrons. The molecular weight excluding hydrogens is 302 g/mol. The zero-order valence-electron chi connectivity index (χ0n) is 12.0. The number of hydrogen-bond donors (Lipinski definition) is 2. The van der Waals surface area contributed by atoms with Crippen molar-refractivity contribution in [1.82, 2.24) is 14.7 Å². The highest BCUT2D eigenvalue weighted by atomic mass is 35.5. The van der Waals surface area contributed by atoms with Crippen LogP contribution >= 0.6 is 12.4 Å². The van der Waals surface area contributed by atoms with Gasteiger partial charge >= 0.3 is 0 Å². The molecule has 6 heteroatoms. The van der Waals surface area contributed by atoms with Crippen LogP contribution in [-0.2, 0) is 11.3 Å². The third kappa shape index (κ3) is 3.20. The van der Waals surface area contributed by atoms with E-state index in [2.05, 4.69) is 10.3 Å². The summed E-state index contributed by atoms with van der Waals surface area (Å²) < 4.78 is 1.79. The van der Waals surface area contributed by atoms with Gasteiger partial charge in [-0.15, -0.1) is 12.4 Å². The number of aromatic hydroxyl groups is 1. The molecule has 1 amide bonds. The smallest absolute Gasteiger partial charge is 0.217 e. The number of aromatic nitrogens is 2. The number of fused-ring (bicyclic) bond motifs is 1. The van der Waals surface area contributed by atoms with Crippen molar-refractivity contribution in [3.05, 3.63) is 54.4 Å². The van der Waals surface area contributed by atoms with Crippen LogP contribution in [0.2, 0.25) is 0 Å². The first-order valence-electron chi connectivity index (χ1n) is 6.64. The van der Waals surface area contributed by atoms with Crippen LogP contribution < -0.4 is 5.32 Å². The molecule has 0 aliphatic carbocycles. The molecule has 2 aromatic heterocycles. The summed E-state index contributed by atoms with van der Waals surface area (Å²) in [5.41, 5.74) is 3.32. The fourth-order valence-corrected chi connectivity index (χ4v) is 2.16. The Morgan fingerprint density at radius 2 is 2.00 bits per heavy atom. The Labute approximate surface area is 134 Å². The van der Waals surface area contributed by atoms with Gasteiger partial charge in [-0.1, -0.05) is 24.3 Å². The van der Waals surface area contributed by atoms with Crippen molar-refractivity contribution in [1.29, 1.82) is 0 Å². The molecule has 0 fully saturated rings. The summed E-state index contributed by atoms with van der Waals surface area (Å²) in [6.45, 7) is 2.01. The first-order valence-corrected chi connectivity index (χ1v) is 6.64. The second-order valence-electron chi connectivity index (χ2n) is 4.86. The van der Waals surface area contributed by atoms with Crippen molar-refractivity contribution in [2.75, 3.05) is 0 Å². The Bertz CT molecular complexity index is 797. The van der Waals surface area contributed by atoms with E-state index in [-0.39, 0.29) is 24.1 Å². The minimum atomic E-state index is -0.0464. The minimum Gasteiger partial charge on any atom is -0.504 e. The lowest BCUT2D eigenvalue weighted by atomic mass is 10.1. The standard InChI is InChI=1S/C16H15N3O2.ClH/c1-11(20)17-9-12-4-6-13(7-5-12)14-10-19-8-2-3-15(21)16(19)18-14;/h2-8,10,21H,9H2,1H3,(H,17,20);1H. The molecule has 5 nitrogen and oxygen atoms in total. The number of halogens is 1. The van der Waals surface area contributed by atoms with E-state index in [0.717, 1.165) is 16.8 Å². The van der Waals surface area contributed by atoms with Gasteiger partial charge in [0, 0.05) is 31.4 Å². The molecule has 114 valence electrons. The molecule has 3 aromatic rings. The summed E-state index contributed by atoms with van der Waals surface area (Å²) in [5.74, 6) is 0.112. The van der Waals surface area contributed by atoms with Crippen LogP contribution in [0, 0.1) is 0 Å². The normalized spacial score (nSPS) is 10.2. The summed E-state index contributed by atoms with van der Waals surface area (Å²) in [7, 11) is 0. The van der Waals surface area contributed by atoms with Gasteiger partial charge in [0.15, 0.2) is 11.4 Å². The maximum atomic E-state index is 10.9. The van der Waals surface area contributed by atoms with Gasteiger partial charge < -0.3 is 14.8 Å². The molecule has 0 spiro atoms. The number of nitrogens with one attached hydrogen (secondary N) is 1. The van der Waals surface area contributed by atoms with Crippen LogP contribution in [0.5, 0.6) is 5.75 Å². The molecule has 3 rings (SSSR count). The molecule has 0 atom stereocenters. The quantitative estimate of drug-likeness (QED) is 0.780. The zero-order valence-corrected chi connectivity index (χ0v) is 12.8. The average Bonchev–Trinajstić information content (AvgIpc) is 2.91. The largest absolute Gasteiger partial charge is 0.504 e. The van der Waals surface area contributed by atoms with Crippen LogP contribution in [0.1, 0.15) is 12.5 Å². The van der Waals surface area contributed by atoms with E-state index < -0.39 is 0 Å². The molecule has 2 heterocycles. The van der Waals surface area contributed by atoms with Crippen LogP contribution in [-0.4, -0.2) is 20.4 Å². The molecule has 0 unspecified atom stereocenters. The molecule has 0 bridgehead atoms. The average molecular weight is 318 g/mol. The maximum Gasteiger partial charge on any atom is 0.217 e. The van der Waals surface area contributed by atoms with Crippen molar-refractivity contribution in [3.63, 3.8) is 0 Å². The van der Waals surface area contributed by atoms with E-state index in [9.17, 15) is 9.90 Å². The maximum absolute atomic E-state index is 10.9. The summed E-state index contributed by atoms with van der Waals surface area (Å²) >= 11 is 0. The molecular formula is C16H16ClN3O2. The van der Waals surface area contributed by atoms with Gasteiger partial charge in [0.1, 0.15) is 0 Å². The first kappa shape index (κ1) is 15.9. The van der Waals surface area contributed by atoms with Crippen molar-refractivity contribution >= 4 is 24.0 Å². The predicted octanol–water partition coefficient (Wildman–Crippen LogP) is 2.76. The van der Waals surface area contributed by atoms with E-state index in [1.165, 1.54) is 6.92 Å². The van der Waals surface area contributed by atoms with E-state index in [0.29, 0.717) is 12.2 Å². The van der Waals surface area contributed by atoms with Gasteiger partial charge in [0.2, 0.25) is 5.91 Å². The molecule has 1 aromatic carbocycles. The van der Waals surface area contributed by atoms with E-state index in [4.69, 9.17) is 0 Å². The first-order chi connectivity index (χ1) is 10.1. The van der Waals surface area contributed by atoms with Gasteiger partial charge in [-0.25, -0.2) is 4.98 Å². The summed E-state index contributed by atoms with van der Waals surface area (Å²) in [5, 5.41) is 12.5. The third-order valence-corrected chi connectivity index (χ3v) is 3.25. The van der Waals surface area contributed by atoms with E-state index >= 15 is 0 Å². The fourth-order valence-electron chi connectivity index (χ4n) is 2.16. The summed E-state index contributed by atoms with van der Waals surface area (Å²) in [6, 6.07) is 11.2. The number of carbonyl (C=O) groups is 1. The number of benzene rings is 1. The minimum absolute atomic E-state index is 0. The number of nitrogens with zero attached hydrogens (tertiary/aromatic N) is 2. The summed E-state index contributed by atoms with van der Waals surface area (Å²) in [4.78, 5) is 15.3. The monoisotopic (exact) mass is 317 g/mol. The SMILES string of the molecule is CC(=O)NCc1ccc(-c2cn3cccc(O)c3n2)cc1.Cl. The Morgan fingerprint density at radius 1 is 1.27 bits per heavy atom. The van der Waals surface area contributed by atoms with E-state index in [1.54, 1.807) is 16.5 Å². The lowest BCUT2D eigenvalue weighted by Gasteiger charge is -2.03. The Hall–Kier alpha value is -2.53. The Kier molecular flexibility index (Phi) is 4.68. The van der Waals surface area contributed by atoms with Crippen molar-refractivity contribution in [2.24, 2.45) is 0 Å². The highest BCUT2D eigenvalue weighted by molar-refractivity contribution is 5.85. The number of carbonyl (C=O) groups excluding carboxylic acids is 1. The van der Waals surface area contributed by atoms with E-state index in [1.807, 2.05) is 36.7 Å². The molecule has 0 saturated carbocycles. The van der Waals surface area contributed by atoms with Crippen molar-refractivity contribution < 1.29 is 9.90 Å². The van der Waals surface area contributed by atoms with Gasteiger partial charge in [-0.05, 0) is 17.7 Å². The topological polar surface area (TPSA) is 66.6 Å². The van der Waals surface area contributed by atoms with Crippen LogP contribution in [0.15, 0.2) is 48.8 Å². The van der Waals surface area contributed by atoms with Gasteiger partial charge in [0.25, 0.3) is 0 Å². The van der Waals surface area contributed by atoms with Gasteiger partial charge in [0.05, 0.1) is 5.69 Å². The molecule has 0 aliphatic heterocycles.